The second-order valence-electron chi connectivity index (χ2n) is 5.66. The number of carbonyl (C=O) groups excluding carboxylic acids is 1. The van der Waals surface area contributed by atoms with Gasteiger partial charge in [-0.15, -0.1) is 0 Å². The van der Waals surface area contributed by atoms with Crippen LogP contribution in [0.5, 0.6) is 5.75 Å². The molecule has 3 rings (SSSR count). The molecular formula is C16H22N2O2. The van der Waals surface area contributed by atoms with E-state index < -0.39 is 0 Å². The lowest BCUT2D eigenvalue weighted by molar-refractivity contribution is -0.135. The molecule has 4 nitrogen and oxygen atoms in total. The number of nitrogens with zero attached hydrogens (tertiary/aromatic N) is 1. The van der Waals surface area contributed by atoms with Gasteiger partial charge in [0.2, 0.25) is 5.91 Å². The standard InChI is InChI=1S/C16H22N2O2/c1-20-14-5-2-4-12(10-14)15-6-3-9-18(15)16(19)13-7-8-17-11-13/h2,4-5,10,13,15,17H,3,6-9,11H2,1H3. The smallest absolute Gasteiger partial charge is 0.227 e. The summed E-state index contributed by atoms with van der Waals surface area (Å²) in [5.74, 6) is 1.35. The SMILES string of the molecule is COc1cccc(C2CCCN2C(=O)C2CCNC2)c1. The predicted octanol–water partition coefficient (Wildman–Crippen LogP) is 1.97. The maximum atomic E-state index is 12.6. The number of amides is 1. The lowest BCUT2D eigenvalue weighted by atomic mass is 10.0. The number of nitrogens with one attached hydrogen (secondary N) is 1. The quantitative estimate of drug-likeness (QED) is 0.916. The lowest BCUT2D eigenvalue weighted by Gasteiger charge is -2.27. The fourth-order valence-electron chi connectivity index (χ4n) is 3.33. The largest absolute Gasteiger partial charge is 0.497 e. The summed E-state index contributed by atoms with van der Waals surface area (Å²) in [5.41, 5.74) is 1.20. The molecule has 0 aromatic heterocycles. The molecule has 2 heterocycles. The minimum atomic E-state index is 0.168. The Labute approximate surface area is 120 Å². The molecule has 2 saturated heterocycles. The van der Waals surface area contributed by atoms with Crippen molar-refractivity contribution >= 4 is 5.91 Å². The topological polar surface area (TPSA) is 41.6 Å². The Kier molecular flexibility index (Phi) is 3.92. The van der Waals surface area contributed by atoms with Crippen molar-refractivity contribution in [3.63, 3.8) is 0 Å². The van der Waals surface area contributed by atoms with E-state index in [0.717, 1.165) is 44.6 Å². The Balaban J connectivity index is 1.79. The summed E-state index contributed by atoms with van der Waals surface area (Å²) in [7, 11) is 1.68. The van der Waals surface area contributed by atoms with Crippen molar-refractivity contribution in [2.24, 2.45) is 5.92 Å². The highest BCUT2D eigenvalue weighted by Crippen LogP contribution is 2.34. The second kappa shape index (κ2) is 5.83. The first kappa shape index (κ1) is 13.4. The molecule has 2 aliphatic rings. The third-order valence-corrected chi connectivity index (χ3v) is 4.42. The van der Waals surface area contributed by atoms with Crippen molar-refractivity contribution in [2.75, 3.05) is 26.7 Å². The number of methoxy groups -OCH3 is 1. The normalized spacial score (nSPS) is 25.9. The molecule has 2 unspecified atom stereocenters. The summed E-state index contributed by atoms with van der Waals surface area (Å²) in [6, 6.07) is 8.34. The van der Waals surface area contributed by atoms with Gasteiger partial charge in [0.1, 0.15) is 5.75 Å². The Morgan fingerprint density at radius 3 is 3.05 bits per heavy atom. The molecule has 0 aliphatic carbocycles. The fourth-order valence-corrected chi connectivity index (χ4v) is 3.33. The highest BCUT2D eigenvalue weighted by molar-refractivity contribution is 5.80. The van der Waals surface area contributed by atoms with Gasteiger partial charge in [0.05, 0.1) is 19.1 Å². The molecule has 2 atom stereocenters. The minimum Gasteiger partial charge on any atom is -0.497 e. The van der Waals surface area contributed by atoms with Gasteiger partial charge in [-0.1, -0.05) is 12.1 Å². The number of hydrogen-bond donors (Lipinski definition) is 1. The molecule has 1 aromatic rings. The second-order valence-corrected chi connectivity index (χ2v) is 5.66. The summed E-state index contributed by atoms with van der Waals surface area (Å²) in [5, 5.41) is 3.28. The highest BCUT2D eigenvalue weighted by atomic mass is 16.5. The van der Waals surface area contributed by atoms with Gasteiger partial charge in [0.15, 0.2) is 0 Å². The van der Waals surface area contributed by atoms with E-state index in [2.05, 4.69) is 22.3 Å². The summed E-state index contributed by atoms with van der Waals surface area (Å²) in [4.78, 5) is 14.7. The maximum absolute atomic E-state index is 12.6. The monoisotopic (exact) mass is 274 g/mol. The van der Waals surface area contributed by atoms with E-state index in [1.54, 1.807) is 7.11 Å². The summed E-state index contributed by atoms with van der Waals surface area (Å²) >= 11 is 0. The molecule has 0 spiro atoms. The summed E-state index contributed by atoms with van der Waals surface area (Å²) in [6.45, 7) is 2.69. The molecule has 1 N–H and O–H groups in total. The van der Waals surface area contributed by atoms with E-state index in [0.29, 0.717) is 5.91 Å². The molecule has 20 heavy (non-hydrogen) atoms. The number of rotatable bonds is 3. The Morgan fingerprint density at radius 1 is 1.40 bits per heavy atom. The first-order valence-corrected chi connectivity index (χ1v) is 7.45. The van der Waals surface area contributed by atoms with Gasteiger partial charge < -0.3 is 15.0 Å². The third-order valence-electron chi connectivity index (χ3n) is 4.42. The van der Waals surface area contributed by atoms with Crippen molar-refractivity contribution in [3.05, 3.63) is 29.8 Å². The van der Waals surface area contributed by atoms with Gasteiger partial charge in [0, 0.05) is 13.1 Å². The number of likely N-dealkylation sites (tertiary alicyclic amines) is 1. The van der Waals surface area contributed by atoms with Gasteiger partial charge in [-0.05, 0) is 43.5 Å². The maximum Gasteiger partial charge on any atom is 0.227 e. The Hall–Kier alpha value is -1.55. The highest BCUT2D eigenvalue weighted by Gasteiger charge is 2.34. The Bertz CT molecular complexity index is 483. The van der Waals surface area contributed by atoms with Crippen LogP contribution in [0.15, 0.2) is 24.3 Å². The van der Waals surface area contributed by atoms with E-state index in [4.69, 9.17) is 4.74 Å². The molecule has 2 aliphatic heterocycles. The van der Waals surface area contributed by atoms with Gasteiger partial charge in [-0.25, -0.2) is 0 Å². The zero-order valence-corrected chi connectivity index (χ0v) is 12.0. The molecule has 108 valence electrons. The van der Waals surface area contributed by atoms with Crippen LogP contribution in [-0.4, -0.2) is 37.6 Å². The van der Waals surface area contributed by atoms with Crippen molar-refractivity contribution < 1.29 is 9.53 Å². The van der Waals surface area contributed by atoms with E-state index in [-0.39, 0.29) is 12.0 Å². The van der Waals surface area contributed by atoms with Crippen molar-refractivity contribution in [1.82, 2.24) is 10.2 Å². The third kappa shape index (κ3) is 2.52. The fraction of sp³-hybridized carbons (Fsp3) is 0.562. The van der Waals surface area contributed by atoms with Crippen molar-refractivity contribution in [3.8, 4) is 5.75 Å². The molecule has 1 amide bonds. The van der Waals surface area contributed by atoms with Gasteiger partial charge in [-0.2, -0.15) is 0 Å². The van der Waals surface area contributed by atoms with Crippen LogP contribution in [-0.2, 0) is 4.79 Å². The van der Waals surface area contributed by atoms with Crippen molar-refractivity contribution in [2.45, 2.75) is 25.3 Å². The van der Waals surface area contributed by atoms with Crippen molar-refractivity contribution in [1.29, 1.82) is 0 Å². The average molecular weight is 274 g/mol. The van der Waals surface area contributed by atoms with Crippen LogP contribution in [0.25, 0.3) is 0 Å². The molecular weight excluding hydrogens is 252 g/mol. The summed E-state index contributed by atoms with van der Waals surface area (Å²) < 4.78 is 5.30. The number of benzene rings is 1. The molecule has 4 heteroatoms. The summed E-state index contributed by atoms with van der Waals surface area (Å²) in [6.07, 6.45) is 3.12. The zero-order chi connectivity index (χ0) is 13.9. The molecule has 2 fully saturated rings. The minimum absolute atomic E-state index is 0.168. The van der Waals surface area contributed by atoms with E-state index >= 15 is 0 Å². The van der Waals surface area contributed by atoms with Crippen LogP contribution in [0.1, 0.15) is 30.9 Å². The molecule has 0 radical (unpaired) electrons. The van der Waals surface area contributed by atoms with Crippen LogP contribution >= 0.6 is 0 Å². The van der Waals surface area contributed by atoms with Gasteiger partial charge in [0.25, 0.3) is 0 Å². The van der Waals surface area contributed by atoms with Crippen LogP contribution in [0.2, 0.25) is 0 Å². The molecule has 1 aromatic carbocycles. The zero-order valence-electron chi connectivity index (χ0n) is 12.0. The number of carbonyl (C=O) groups is 1. The predicted molar refractivity (Wildman–Crippen MR) is 77.7 cm³/mol. The van der Waals surface area contributed by atoms with Crippen LogP contribution in [0, 0.1) is 5.92 Å². The first-order chi connectivity index (χ1) is 9.79. The van der Waals surface area contributed by atoms with Gasteiger partial charge in [-0.3, -0.25) is 4.79 Å². The van der Waals surface area contributed by atoms with Gasteiger partial charge >= 0.3 is 0 Å². The van der Waals surface area contributed by atoms with Crippen LogP contribution in [0.3, 0.4) is 0 Å². The number of ether oxygens (including phenoxy) is 1. The van der Waals surface area contributed by atoms with E-state index in [9.17, 15) is 4.79 Å². The molecule has 0 bridgehead atoms. The average Bonchev–Trinajstić information content (AvgIpc) is 3.17. The van der Waals surface area contributed by atoms with E-state index in [1.165, 1.54) is 5.56 Å². The van der Waals surface area contributed by atoms with E-state index in [1.807, 2.05) is 12.1 Å². The van der Waals surface area contributed by atoms with Crippen LogP contribution < -0.4 is 10.1 Å². The number of hydrogen-bond acceptors (Lipinski definition) is 3. The first-order valence-electron chi connectivity index (χ1n) is 7.45. The lowest BCUT2D eigenvalue weighted by Crippen LogP contribution is -2.36. The molecule has 0 saturated carbocycles. The Morgan fingerprint density at radius 2 is 2.30 bits per heavy atom. The van der Waals surface area contributed by atoms with Crippen LogP contribution in [0.4, 0.5) is 0 Å².